The van der Waals surface area contributed by atoms with Gasteiger partial charge in [-0.3, -0.25) is 4.79 Å². The van der Waals surface area contributed by atoms with E-state index in [1.165, 1.54) is 15.6 Å². The molecule has 0 radical (unpaired) electrons. The smallest absolute Gasteiger partial charge is 0.252 e. The van der Waals surface area contributed by atoms with E-state index >= 15 is 0 Å². The number of benzene rings is 2. The van der Waals surface area contributed by atoms with Crippen LogP contribution in [0.4, 0.5) is 5.69 Å². The third kappa shape index (κ3) is 4.06. The molecular formula is C23H21N3O4S2. The Hall–Kier alpha value is -3.01. The van der Waals surface area contributed by atoms with E-state index in [4.69, 9.17) is 4.42 Å². The Bertz CT molecular complexity index is 1310. The zero-order chi connectivity index (χ0) is 22.1. The standard InChI is InChI=1S/C23H21N3O4S2/c27-22(17-5-3-13-26(15-17)32(28,29)21-8-4-14-31-21)24-18-11-9-16(10-12-18)23-25-19-6-1-2-7-20(19)30-23/h1-2,4,6-12,14,17H,3,5,13,15H2,(H,24,27). The Morgan fingerprint density at radius 2 is 1.91 bits per heavy atom. The number of hydrogen-bond donors (Lipinski definition) is 1. The van der Waals surface area contributed by atoms with Crippen molar-refractivity contribution >= 4 is 44.1 Å². The Balaban J connectivity index is 1.26. The van der Waals surface area contributed by atoms with Crippen LogP contribution in [0.3, 0.4) is 0 Å². The molecule has 1 unspecified atom stereocenters. The largest absolute Gasteiger partial charge is 0.436 e. The summed E-state index contributed by atoms with van der Waals surface area (Å²) in [6.45, 7) is 0.621. The second-order valence-electron chi connectivity index (χ2n) is 7.69. The molecule has 1 aliphatic heterocycles. The molecule has 1 N–H and O–H groups in total. The van der Waals surface area contributed by atoms with Crippen molar-refractivity contribution in [1.29, 1.82) is 0 Å². The van der Waals surface area contributed by atoms with Crippen molar-refractivity contribution in [2.24, 2.45) is 5.92 Å². The van der Waals surface area contributed by atoms with Gasteiger partial charge in [-0.15, -0.1) is 11.3 Å². The summed E-state index contributed by atoms with van der Waals surface area (Å²) in [5.41, 5.74) is 2.97. The Kier molecular flexibility index (Phi) is 5.54. The molecule has 1 fully saturated rings. The number of nitrogens with zero attached hydrogens (tertiary/aromatic N) is 2. The van der Waals surface area contributed by atoms with E-state index in [-0.39, 0.29) is 12.5 Å². The third-order valence-corrected chi connectivity index (χ3v) is 8.78. The summed E-state index contributed by atoms with van der Waals surface area (Å²) in [5, 5.41) is 4.66. The number of oxazole rings is 1. The zero-order valence-corrected chi connectivity index (χ0v) is 18.7. The number of carbonyl (C=O) groups is 1. The van der Waals surface area contributed by atoms with Crippen LogP contribution >= 0.6 is 11.3 Å². The second-order valence-corrected chi connectivity index (χ2v) is 10.8. The summed E-state index contributed by atoms with van der Waals surface area (Å²) >= 11 is 1.19. The molecule has 32 heavy (non-hydrogen) atoms. The lowest BCUT2D eigenvalue weighted by molar-refractivity contribution is -0.120. The van der Waals surface area contributed by atoms with Crippen molar-refractivity contribution in [1.82, 2.24) is 9.29 Å². The van der Waals surface area contributed by atoms with Crippen LogP contribution in [0.5, 0.6) is 0 Å². The maximum Gasteiger partial charge on any atom is 0.252 e. The normalized spacial score (nSPS) is 17.4. The van der Waals surface area contributed by atoms with Crippen LogP contribution in [-0.4, -0.2) is 36.7 Å². The average Bonchev–Trinajstić information content (AvgIpc) is 3.50. The van der Waals surface area contributed by atoms with Gasteiger partial charge in [-0.25, -0.2) is 13.4 Å². The van der Waals surface area contributed by atoms with Gasteiger partial charge in [0.25, 0.3) is 10.0 Å². The fraction of sp³-hybridized carbons (Fsp3) is 0.217. The fourth-order valence-electron chi connectivity index (χ4n) is 3.85. The van der Waals surface area contributed by atoms with Gasteiger partial charge in [-0.1, -0.05) is 18.2 Å². The second kappa shape index (κ2) is 8.50. The van der Waals surface area contributed by atoms with Crippen LogP contribution in [-0.2, 0) is 14.8 Å². The molecule has 7 nitrogen and oxygen atoms in total. The lowest BCUT2D eigenvalue weighted by atomic mass is 9.98. The van der Waals surface area contributed by atoms with Gasteiger partial charge in [0.15, 0.2) is 5.58 Å². The van der Waals surface area contributed by atoms with E-state index < -0.39 is 15.9 Å². The molecule has 0 saturated carbocycles. The highest BCUT2D eigenvalue weighted by atomic mass is 32.2. The number of hydrogen-bond acceptors (Lipinski definition) is 6. The van der Waals surface area contributed by atoms with Gasteiger partial charge in [-0.05, 0) is 60.7 Å². The highest BCUT2D eigenvalue weighted by Crippen LogP contribution is 2.28. The average molecular weight is 468 g/mol. The highest BCUT2D eigenvalue weighted by molar-refractivity contribution is 7.91. The SMILES string of the molecule is O=C(Nc1ccc(-c2nc3ccccc3o2)cc1)C1CCCN(S(=O)(=O)c2cccs2)C1. The lowest BCUT2D eigenvalue weighted by Crippen LogP contribution is -2.43. The molecule has 2 aromatic heterocycles. The fourth-order valence-corrected chi connectivity index (χ4v) is 6.52. The Morgan fingerprint density at radius 1 is 1.09 bits per heavy atom. The maximum absolute atomic E-state index is 12.8. The molecule has 2 aromatic carbocycles. The van der Waals surface area contributed by atoms with Crippen LogP contribution in [0.25, 0.3) is 22.6 Å². The van der Waals surface area contributed by atoms with Gasteiger partial charge in [-0.2, -0.15) is 4.31 Å². The molecule has 9 heteroatoms. The van der Waals surface area contributed by atoms with Crippen molar-refractivity contribution < 1.29 is 17.6 Å². The van der Waals surface area contributed by atoms with Crippen molar-refractivity contribution in [3.63, 3.8) is 0 Å². The minimum absolute atomic E-state index is 0.175. The number of aromatic nitrogens is 1. The molecule has 1 saturated heterocycles. The zero-order valence-electron chi connectivity index (χ0n) is 17.1. The van der Waals surface area contributed by atoms with Gasteiger partial charge in [0, 0.05) is 24.3 Å². The number of sulfonamides is 1. The number of anilines is 1. The summed E-state index contributed by atoms with van der Waals surface area (Å²) in [5.74, 6) is -0.0494. The molecule has 3 heterocycles. The number of piperidine rings is 1. The topological polar surface area (TPSA) is 92.5 Å². The molecule has 1 atom stereocenters. The number of rotatable bonds is 5. The van der Waals surface area contributed by atoms with E-state index in [0.717, 1.165) is 16.7 Å². The van der Waals surface area contributed by atoms with Crippen LogP contribution in [0.1, 0.15) is 12.8 Å². The summed E-state index contributed by atoms with van der Waals surface area (Å²) in [7, 11) is -3.55. The molecule has 164 valence electrons. The Labute approximate surface area is 189 Å². The third-order valence-electron chi connectivity index (χ3n) is 5.54. The summed E-state index contributed by atoms with van der Waals surface area (Å²) in [6.07, 6.45) is 1.31. The first-order valence-corrected chi connectivity index (χ1v) is 12.6. The van der Waals surface area contributed by atoms with Gasteiger partial charge < -0.3 is 9.73 Å². The molecule has 4 aromatic rings. The Morgan fingerprint density at radius 3 is 2.66 bits per heavy atom. The van der Waals surface area contributed by atoms with E-state index in [0.29, 0.717) is 35.2 Å². The number of amides is 1. The minimum Gasteiger partial charge on any atom is -0.436 e. The molecule has 0 spiro atoms. The highest BCUT2D eigenvalue weighted by Gasteiger charge is 2.33. The minimum atomic E-state index is -3.55. The van der Waals surface area contributed by atoms with Crippen molar-refractivity contribution in [2.45, 2.75) is 17.1 Å². The van der Waals surface area contributed by atoms with Crippen LogP contribution in [0, 0.1) is 5.92 Å². The summed E-state index contributed by atoms with van der Waals surface area (Å²) in [6, 6.07) is 18.2. The first-order chi connectivity index (χ1) is 15.5. The monoisotopic (exact) mass is 467 g/mol. The van der Waals surface area contributed by atoms with Crippen LogP contribution in [0.15, 0.2) is 74.7 Å². The molecule has 0 aliphatic carbocycles. The molecule has 1 amide bonds. The number of fused-ring (bicyclic) bond motifs is 1. The van der Waals surface area contributed by atoms with Crippen molar-refractivity contribution in [2.75, 3.05) is 18.4 Å². The van der Waals surface area contributed by atoms with Crippen LogP contribution in [0.2, 0.25) is 0 Å². The number of nitrogens with one attached hydrogen (secondary N) is 1. The van der Waals surface area contributed by atoms with E-state index in [9.17, 15) is 13.2 Å². The molecular weight excluding hydrogens is 446 g/mol. The number of thiophene rings is 1. The lowest BCUT2D eigenvalue weighted by Gasteiger charge is -2.30. The van der Waals surface area contributed by atoms with Crippen LogP contribution < -0.4 is 5.32 Å². The van der Waals surface area contributed by atoms with Gasteiger partial charge in [0.2, 0.25) is 11.8 Å². The molecule has 0 bridgehead atoms. The predicted octanol–water partition coefficient (Wildman–Crippen LogP) is 4.60. The van der Waals surface area contributed by atoms with E-state index in [1.54, 1.807) is 29.6 Å². The quantitative estimate of drug-likeness (QED) is 0.463. The predicted molar refractivity (Wildman–Crippen MR) is 124 cm³/mol. The maximum atomic E-state index is 12.8. The van der Waals surface area contributed by atoms with Gasteiger partial charge in [0.1, 0.15) is 9.73 Å². The summed E-state index contributed by atoms with van der Waals surface area (Å²) in [4.78, 5) is 17.3. The first kappa shape index (κ1) is 20.9. The van der Waals surface area contributed by atoms with Crippen molar-refractivity contribution in [3.05, 3.63) is 66.0 Å². The molecule has 5 rings (SSSR count). The van der Waals surface area contributed by atoms with Gasteiger partial charge >= 0.3 is 0 Å². The molecule has 1 aliphatic rings. The first-order valence-electron chi connectivity index (χ1n) is 10.3. The van der Waals surface area contributed by atoms with Gasteiger partial charge in [0.05, 0.1) is 5.92 Å². The summed E-state index contributed by atoms with van der Waals surface area (Å²) < 4.78 is 33.1. The van der Waals surface area contributed by atoms with Crippen molar-refractivity contribution in [3.8, 4) is 11.5 Å². The van der Waals surface area contributed by atoms with E-state index in [2.05, 4.69) is 10.3 Å². The van der Waals surface area contributed by atoms with E-state index in [1.807, 2.05) is 36.4 Å². The number of carbonyl (C=O) groups excluding carboxylic acids is 1. The number of para-hydroxylation sites is 2.